The number of carbonyl (C=O) groups excluding carboxylic acids is 1. The molecule has 1 saturated carbocycles. The third-order valence-electron chi connectivity index (χ3n) is 3.95. The SMILES string of the molecule is COC(CN(CCCCO)C(=O)NC1CCCCC1)OC. The maximum absolute atomic E-state index is 12.4. The van der Waals surface area contributed by atoms with Gasteiger partial charge < -0.3 is 24.8 Å². The molecule has 0 bridgehead atoms. The molecule has 0 unspecified atom stereocenters. The van der Waals surface area contributed by atoms with Crippen LogP contribution in [0.4, 0.5) is 4.79 Å². The molecule has 0 aromatic rings. The number of amides is 2. The van der Waals surface area contributed by atoms with E-state index in [1.807, 2.05) is 0 Å². The van der Waals surface area contributed by atoms with Crippen molar-refractivity contribution in [2.75, 3.05) is 33.9 Å². The molecule has 1 aliphatic carbocycles. The third kappa shape index (κ3) is 7.11. The summed E-state index contributed by atoms with van der Waals surface area (Å²) in [5, 5.41) is 12.0. The lowest BCUT2D eigenvalue weighted by Crippen LogP contribution is -2.48. The molecule has 2 N–H and O–H groups in total. The summed E-state index contributed by atoms with van der Waals surface area (Å²) in [4.78, 5) is 14.1. The number of carbonyl (C=O) groups is 1. The van der Waals surface area contributed by atoms with Gasteiger partial charge in [0.15, 0.2) is 6.29 Å². The van der Waals surface area contributed by atoms with Gasteiger partial charge in [0.25, 0.3) is 0 Å². The van der Waals surface area contributed by atoms with Crippen molar-refractivity contribution in [1.29, 1.82) is 0 Å². The van der Waals surface area contributed by atoms with Gasteiger partial charge in [-0.15, -0.1) is 0 Å². The second-order valence-corrected chi connectivity index (χ2v) is 5.56. The molecule has 2 amide bonds. The third-order valence-corrected chi connectivity index (χ3v) is 3.95. The molecular formula is C15H30N2O4. The number of hydrogen-bond donors (Lipinski definition) is 2. The molecule has 0 atom stereocenters. The number of aliphatic hydroxyl groups excluding tert-OH is 1. The van der Waals surface area contributed by atoms with E-state index in [0.717, 1.165) is 19.3 Å². The van der Waals surface area contributed by atoms with Crippen LogP contribution in [0.1, 0.15) is 44.9 Å². The molecule has 0 aromatic carbocycles. The van der Waals surface area contributed by atoms with E-state index in [0.29, 0.717) is 19.5 Å². The Kier molecular flexibility index (Phi) is 9.37. The number of rotatable bonds is 9. The Balaban J connectivity index is 2.48. The van der Waals surface area contributed by atoms with Crippen LogP contribution in [-0.4, -0.2) is 62.3 Å². The Morgan fingerprint density at radius 1 is 1.24 bits per heavy atom. The molecule has 0 spiro atoms. The number of aliphatic hydroxyl groups is 1. The lowest BCUT2D eigenvalue weighted by molar-refractivity contribution is -0.111. The summed E-state index contributed by atoms with van der Waals surface area (Å²) in [6, 6.07) is 0.231. The highest BCUT2D eigenvalue weighted by Gasteiger charge is 2.22. The van der Waals surface area contributed by atoms with Gasteiger partial charge in [-0.2, -0.15) is 0 Å². The fraction of sp³-hybridized carbons (Fsp3) is 0.933. The molecule has 1 aliphatic rings. The minimum atomic E-state index is -0.420. The highest BCUT2D eigenvalue weighted by molar-refractivity contribution is 5.74. The van der Waals surface area contributed by atoms with Crippen molar-refractivity contribution in [1.82, 2.24) is 10.2 Å². The van der Waals surface area contributed by atoms with Gasteiger partial charge in [0, 0.05) is 33.4 Å². The number of urea groups is 1. The van der Waals surface area contributed by atoms with Crippen molar-refractivity contribution in [3.8, 4) is 0 Å². The quantitative estimate of drug-likeness (QED) is 0.502. The first-order valence-corrected chi connectivity index (χ1v) is 7.93. The zero-order valence-corrected chi connectivity index (χ0v) is 13.3. The van der Waals surface area contributed by atoms with E-state index in [-0.39, 0.29) is 18.7 Å². The highest BCUT2D eigenvalue weighted by atomic mass is 16.7. The van der Waals surface area contributed by atoms with Crippen LogP contribution in [0.5, 0.6) is 0 Å². The van der Waals surface area contributed by atoms with Gasteiger partial charge in [-0.3, -0.25) is 0 Å². The van der Waals surface area contributed by atoms with Crippen molar-refractivity contribution in [3.63, 3.8) is 0 Å². The van der Waals surface area contributed by atoms with E-state index in [1.54, 1.807) is 19.1 Å². The van der Waals surface area contributed by atoms with Gasteiger partial charge in [0.1, 0.15) is 0 Å². The number of ether oxygens (including phenoxy) is 2. The minimum absolute atomic E-state index is 0.0565. The van der Waals surface area contributed by atoms with Crippen molar-refractivity contribution >= 4 is 6.03 Å². The standard InChI is InChI=1S/C15H30N2O4/c1-20-14(21-2)12-17(10-6-7-11-18)15(19)16-13-8-4-3-5-9-13/h13-14,18H,3-12H2,1-2H3,(H,16,19). The summed E-state index contributed by atoms with van der Waals surface area (Å²) >= 11 is 0. The van der Waals surface area contributed by atoms with Crippen LogP contribution >= 0.6 is 0 Å². The number of nitrogens with zero attached hydrogens (tertiary/aromatic N) is 1. The van der Waals surface area contributed by atoms with E-state index < -0.39 is 6.29 Å². The van der Waals surface area contributed by atoms with Crippen molar-refractivity contribution in [3.05, 3.63) is 0 Å². The van der Waals surface area contributed by atoms with Crippen LogP contribution in [0.15, 0.2) is 0 Å². The van der Waals surface area contributed by atoms with E-state index in [4.69, 9.17) is 14.6 Å². The van der Waals surface area contributed by atoms with E-state index in [1.165, 1.54) is 19.3 Å². The summed E-state index contributed by atoms with van der Waals surface area (Å²) in [5.41, 5.74) is 0. The lowest BCUT2D eigenvalue weighted by atomic mass is 9.96. The number of unbranched alkanes of at least 4 members (excludes halogenated alkanes) is 1. The molecule has 0 heterocycles. The molecule has 1 fully saturated rings. The van der Waals surface area contributed by atoms with Gasteiger partial charge in [0.05, 0.1) is 6.54 Å². The first kappa shape index (κ1) is 18.2. The molecular weight excluding hydrogens is 272 g/mol. The summed E-state index contributed by atoms with van der Waals surface area (Å²) < 4.78 is 10.4. The Bertz CT molecular complexity index is 279. The van der Waals surface area contributed by atoms with Crippen LogP contribution < -0.4 is 5.32 Å². The smallest absolute Gasteiger partial charge is 0.317 e. The zero-order valence-electron chi connectivity index (χ0n) is 13.3. The van der Waals surface area contributed by atoms with Crippen LogP contribution in [-0.2, 0) is 9.47 Å². The summed E-state index contributed by atoms with van der Waals surface area (Å²) in [5.74, 6) is 0. The predicted molar refractivity (Wildman–Crippen MR) is 81.1 cm³/mol. The zero-order chi connectivity index (χ0) is 15.5. The van der Waals surface area contributed by atoms with Gasteiger partial charge in [-0.25, -0.2) is 4.79 Å². The molecule has 1 rings (SSSR count). The van der Waals surface area contributed by atoms with Crippen molar-refractivity contribution < 1.29 is 19.4 Å². The minimum Gasteiger partial charge on any atom is -0.396 e. The maximum atomic E-state index is 12.4. The predicted octanol–water partition coefficient (Wildman–Crippen LogP) is 1.72. The maximum Gasteiger partial charge on any atom is 0.317 e. The average molecular weight is 302 g/mol. The van der Waals surface area contributed by atoms with Crippen molar-refractivity contribution in [2.45, 2.75) is 57.3 Å². The fourth-order valence-electron chi connectivity index (χ4n) is 2.63. The van der Waals surface area contributed by atoms with Gasteiger partial charge in [-0.1, -0.05) is 19.3 Å². The number of nitrogens with one attached hydrogen (secondary N) is 1. The van der Waals surface area contributed by atoms with Crippen LogP contribution in [0.3, 0.4) is 0 Å². The average Bonchev–Trinajstić information content (AvgIpc) is 2.51. The Morgan fingerprint density at radius 3 is 2.48 bits per heavy atom. The lowest BCUT2D eigenvalue weighted by Gasteiger charge is -2.30. The monoisotopic (exact) mass is 302 g/mol. The van der Waals surface area contributed by atoms with E-state index >= 15 is 0 Å². The summed E-state index contributed by atoms with van der Waals surface area (Å²) in [6.45, 7) is 1.15. The molecule has 6 heteroatoms. The first-order valence-electron chi connectivity index (χ1n) is 7.93. The normalized spacial score (nSPS) is 16.2. The summed E-state index contributed by atoms with van der Waals surface area (Å²) in [6.07, 6.45) is 6.82. The molecule has 6 nitrogen and oxygen atoms in total. The Hall–Kier alpha value is -0.850. The van der Waals surface area contributed by atoms with E-state index in [2.05, 4.69) is 5.32 Å². The van der Waals surface area contributed by atoms with Crippen LogP contribution in [0, 0.1) is 0 Å². The van der Waals surface area contributed by atoms with Gasteiger partial charge in [0.2, 0.25) is 0 Å². The number of hydrogen-bond acceptors (Lipinski definition) is 4. The second-order valence-electron chi connectivity index (χ2n) is 5.56. The molecule has 0 saturated heterocycles. The van der Waals surface area contributed by atoms with Crippen molar-refractivity contribution in [2.24, 2.45) is 0 Å². The second kappa shape index (κ2) is 10.8. The van der Waals surface area contributed by atoms with E-state index in [9.17, 15) is 4.79 Å². The molecule has 0 aliphatic heterocycles. The first-order chi connectivity index (χ1) is 10.2. The van der Waals surface area contributed by atoms with Crippen LogP contribution in [0.2, 0.25) is 0 Å². The topological polar surface area (TPSA) is 71.0 Å². The molecule has 0 radical (unpaired) electrons. The fourth-order valence-corrected chi connectivity index (χ4v) is 2.63. The highest BCUT2D eigenvalue weighted by Crippen LogP contribution is 2.17. The molecule has 0 aromatic heterocycles. The van der Waals surface area contributed by atoms with Crippen LogP contribution in [0.25, 0.3) is 0 Å². The summed E-state index contributed by atoms with van der Waals surface area (Å²) in [7, 11) is 3.14. The molecule has 21 heavy (non-hydrogen) atoms. The Morgan fingerprint density at radius 2 is 1.90 bits per heavy atom. The Labute approximate surface area is 127 Å². The molecule has 124 valence electrons. The largest absolute Gasteiger partial charge is 0.396 e. The number of methoxy groups -OCH3 is 2. The van der Waals surface area contributed by atoms with Gasteiger partial charge in [-0.05, 0) is 25.7 Å². The van der Waals surface area contributed by atoms with Gasteiger partial charge >= 0.3 is 6.03 Å².